The SMILES string of the molecule is O=c1cc(-c2ccc(F)cc2)ncn1CCNS(=O)(=O)c1ccc2c(c1)CCCC2. The van der Waals surface area contributed by atoms with Gasteiger partial charge >= 0.3 is 0 Å². The van der Waals surface area contributed by atoms with Gasteiger partial charge in [-0.2, -0.15) is 0 Å². The van der Waals surface area contributed by atoms with Crippen LogP contribution in [0.1, 0.15) is 24.0 Å². The number of rotatable bonds is 6. The number of halogens is 1. The number of fused-ring (bicyclic) bond motifs is 1. The molecule has 1 aromatic heterocycles. The Morgan fingerprint density at radius 1 is 1.00 bits per heavy atom. The van der Waals surface area contributed by atoms with E-state index in [0.29, 0.717) is 11.3 Å². The third kappa shape index (κ3) is 4.49. The molecule has 0 bridgehead atoms. The van der Waals surface area contributed by atoms with Crippen molar-refractivity contribution in [1.29, 1.82) is 0 Å². The van der Waals surface area contributed by atoms with Gasteiger partial charge in [0.2, 0.25) is 10.0 Å². The van der Waals surface area contributed by atoms with Gasteiger partial charge < -0.3 is 0 Å². The second kappa shape index (κ2) is 8.49. The van der Waals surface area contributed by atoms with Gasteiger partial charge in [0.25, 0.3) is 5.56 Å². The van der Waals surface area contributed by atoms with Gasteiger partial charge in [0, 0.05) is 24.7 Å². The van der Waals surface area contributed by atoms with Gasteiger partial charge in [-0.1, -0.05) is 6.07 Å². The van der Waals surface area contributed by atoms with E-state index in [0.717, 1.165) is 31.2 Å². The van der Waals surface area contributed by atoms with E-state index in [2.05, 4.69) is 9.71 Å². The maximum absolute atomic E-state index is 13.0. The molecule has 3 aromatic rings. The summed E-state index contributed by atoms with van der Waals surface area (Å²) in [6.07, 6.45) is 5.48. The lowest BCUT2D eigenvalue weighted by Crippen LogP contribution is -2.31. The van der Waals surface area contributed by atoms with Crippen LogP contribution in [-0.2, 0) is 29.4 Å². The van der Waals surface area contributed by atoms with E-state index >= 15 is 0 Å². The molecule has 1 aliphatic carbocycles. The molecular weight excluding hydrogens is 405 g/mol. The van der Waals surface area contributed by atoms with Crippen molar-refractivity contribution < 1.29 is 12.8 Å². The quantitative estimate of drug-likeness (QED) is 0.656. The minimum atomic E-state index is -3.65. The summed E-state index contributed by atoms with van der Waals surface area (Å²) in [7, 11) is -3.65. The molecule has 1 heterocycles. The average Bonchev–Trinajstić information content (AvgIpc) is 2.75. The van der Waals surface area contributed by atoms with Gasteiger partial charge in [0.1, 0.15) is 5.82 Å². The number of nitrogens with one attached hydrogen (secondary N) is 1. The van der Waals surface area contributed by atoms with E-state index in [9.17, 15) is 17.6 Å². The number of aromatic nitrogens is 2. The lowest BCUT2D eigenvalue weighted by molar-refractivity contribution is 0.568. The molecule has 0 atom stereocenters. The van der Waals surface area contributed by atoms with Gasteiger partial charge in [0.05, 0.1) is 16.9 Å². The van der Waals surface area contributed by atoms with E-state index < -0.39 is 10.0 Å². The molecule has 0 unspecified atom stereocenters. The second-order valence-corrected chi connectivity index (χ2v) is 9.12. The average molecular weight is 428 g/mol. The normalized spacial score (nSPS) is 13.8. The van der Waals surface area contributed by atoms with Gasteiger partial charge in [-0.25, -0.2) is 22.5 Å². The summed E-state index contributed by atoms with van der Waals surface area (Å²) >= 11 is 0. The molecule has 1 N–H and O–H groups in total. The van der Waals surface area contributed by atoms with E-state index in [1.807, 2.05) is 6.07 Å². The molecule has 0 amide bonds. The van der Waals surface area contributed by atoms with Gasteiger partial charge in [-0.3, -0.25) is 9.36 Å². The van der Waals surface area contributed by atoms with Crippen molar-refractivity contribution in [2.75, 3.05) is 6.54 Å². The zero-order valence-corrected chi connectivity index (χ0v) is 17.2. The Morgan fingerprint density at radius 3 is 2.47 bits per heavy atom. The van der Waals surface area contributed by atoms with Crippen molar-refractivity contribution in [2.24, 2.45) is 0 Å². The molecule has 0 saturated heterocycles. The fourth-order valence-electron chi connectivity index (χ4n) is 3.63. The maximum Gasteiger partial charge on any atom is 0.253 e. The first-order chi connectivity index (χ1) is 14.4. The molecule has 4 rings (SSSR count). The first-order valence-electron chi connectivity index (χ1n) is 9.86. The molecule has 2 aromatic carbocycles. The van der Waals surface area contributed by atoms with Crippen molar-refractivity contribution in [1.82, 2.24) is 14.3 Å². The number of hydrogen-bond acceptors (Lipinski definition) is 4. The molecule has 156 valence electrons. The topological polar surface area (TPSA) is 81.1 Å². The summed E-state index contributed by atoms with van der Waals surface area (Å²) in [5, 5.41) is 0. The zero-order chi connectivity index (χ0) is 21.1. The molecule has 0 saturated carbocycles. The molecule has 30 heavy (non-hydrogen) atoms. The van der Waals surface area contributed by atoms with Crippen molar-refractivity contribution in [2.45, 2.75) is 37.1 Å². The summed E-state index contributed by atoms with van der Waals surface area (Å²) in [5.74, 6) is -0.363. The van der Waals surface area contributed by atoms with Crippen LogP contribution < -0.4 is 10.3 Å². The van der Waals surface area contributed by atoms with Crippen LogP contribution in [0.2, 0.25) is 0 Å². The van der Waals surface area contributed by atoms with Crippen LogP contribution in [0, 0.1) is 5.82 Å². The fourth-order valence-corrected chi connectivity index (χ4v) is 4.70. The molecule has 1 aliphatic rings. The standard InChI is InChI=1S/C22H22FN3O3S/c23-19-8-5-17(6-9-19)21-14-22(27)26(15-24-21)12-11-25-30(28,29)20-10-7-16-3-1-2-4-18(16)13-20/h5-10,13-15,25H,1-4,11-12H2. The molecule has 8 heteroatoms. The summed E-state index contributed by atoms with van der Waals surface area (Å²) in [5.41, 5.74) is 3.08. The Kier molecular flexibility index (Phi) is 5.78. The molecular formula is C22H22FN3O3S. The van der Waals surface area contributed by atoms with E-state index in [-0.39, 0.29) is 29.4 Å². The lowest BCUT2D eigenvalue weighted by Gasteiger charge is -2.17. The predicted molar refractivity (Wildman–Crippen MR) is 112 cm³/mol. The fraction of sp³-hybridized carbons (Fsp3) is 0.273. The first kappa shape index (κ1) is 20.4. The Labute approximate surface area is 174 Å². The smallest absolute Gasteiger partial charge is 0.253 e. The van der Waals surface area contributed by atoms with Crippen LogP contribution in [-0.4, -0.2) is 24.5 Å². The highest BCUT2D eigenvalue weighted by Crippen LogP contribution is 2.24. The van der Waals surface area contributed by atoms with Crippen molar-refractivity contribution in [3.05, 3.63) is 82.2 Å². The van der Waals surface area contributed by atoms with E-state index in [1.165, 1.54) is 34.7 Å². The Balaban J connectivity index is 1.42. The Morgan fingerprint density at radius 2 is 1.73 bits per heavy atom. The summed E-state index contributed by atoms with van der Waals surface area (Å²) in [4.78, 5) is 16.8. The Bertz CT molecular complexity index is 1220. The van der Waals surface area contributed by atoms with Crippen LogP contribution in [0.5, 0.6) is 0 Å². The predicted octanol–water partition coefficient (Wildman–Crippen LogP) is 2.91. The van der Waals surface area contributed by atoms with Crippen molar-refractivity contribution in [3.8, 4) is 11.3 Å². The lowest BCUT2D eigenvalue weighted by atomic mass is 9.92. The van der Waals surface area contributed by atoms with Crippen LogP contribution in [0.4, 0.5) is 4.39 Å². The number of hydrogen-bond donors (Lipinski definition) is 1. The molecule has 0 aliphatic heterocycles. The zero-order valence-electron chi connectivity index (χ0n) is 16.3. The van der Waals surface area contributed by atoms with Gasteiger partial charge in [-0.15, -0.1) is 0 Å². The van der Waals surface area contributed by atoms with Crippen molar-refractivity contribution >= 4 is 10.0 Å². The van der Waals surface area contributed by atoms with Crippen LogP contribution in [0.25, 0.3) is 11.3 Å². The summed E-state index contributed by atoms with van der Waals surface area (Å²) in [6.45, 7) is 0.219. The summed E-state index contributed by atoms with van der Waals surface area (Å²) < 4.78 is 42.2. The highest BCUT2D eigenvalue weighted by atomic mass is 32.2. The van der Waals surface area contributed by atoms with Crippen LogP contribution in [0.15, 0.2) is 64.5 Å². The Hall–Kier alpha value is -2.84. The monoisotopic (exact) mass is 427 g/mol. The molecule has 0 fully saturated rings. The minimum Gasteiger partial charge on any atom is -0.298 e. The second-order valence-electron chi connectivity index (χ2n) is 7.35. The number of sulfonamides is 1. The van der Waals surface area contributed by atoms with Gasteiger partial charge in [0.15, 0.2) is 0 Å². The third-order valence-corrected chi connectivity index (χ3v) is 6.75. The number of benzene rings is 2. The largest absolute Gasteiger partial charge is 0.298 e. The van der Waals surface area contributed by atoms with Crippen LogP contribution >= 0.6 is 0 Å². The number of aryl methyl sites for hydroxylation is 2. The molecule has 0 spiro atoms. The highest BCUT2D eigenvalue weighted by Gasteiger charge is 2.17. The minimum absolute atomic E-state index is 0.0664. The maximum atomic E-state index is 13.0. The van der Waals surface area contributed by atoms with Crippen molar-refractivity contribution in [3.63, 3.8) is 0 Å². The van der Waals surface area contributed by atoms with Crippen LogP contribution in [0.3, 0.4) is 0 Å². The first-order valence-corrected chi connectivity index (χ1v) is 11.3. The molecule has 6 nitrogen and oxygen atoms in total. The van der Waals surface area contributed by atoms with Gasteiger partial charge in [-0.05, 0) is 73.2 Å². The molecule has 0 radical (unpaired) electrons. The van der Waals surface area contributed by atoms with E-state index in [1.54, 1.807) is 24.3 Å². The summed E-state index contributed by atoms with van der Waals surface area (Å²) in [6, 6.07) is 12.3. The van der Waals surface area contributed by atoms with E-state index in [4.69, 9.17) is 0 Å². The third-order valence-electron chi connectivity index (χ3n) is 5.29. The highest BCUT2D eigenvalue weighted by molar-refractivity contribution is 7.89. The number of nitrogens with zero attached hydrogens (tertiary/aromatic N) is 2.